The lowest BCUT2D eigenvalue weighted by atomic mass is 9.94. The molecule has 0 aromatic carbocycles. The first-order chi connectivity index (χ1) is 13.6. The third kappa shape index (κ3) is 3.65. The van der Waals surface area contributed by atoms with E-state index in [-0.39, 0.29) is 17.7 Å². The lowest BCUT2D eigenvalue weighted by Gasteiger charge is -2.25. The van der Waals surface area contributed by atoms with E-state index in [4.69, 9.17) is 0 Å². The van der Waals surface area contributed by atoms with Crippen molar-refractivity contribution in [2.24, 2.45) is 5.92 Å². The van der Waals surface area contributed by atoms with Crippen LogP contribution in [-0.4, -0.2) is 45.2 Å². The summed E-state index contributed by atoms with van der Waals surface area (Å²) in [5, 5.41) is 9.84. The number of hydrogen-bond donors (Lipinski definition) is 1. The molecular formula is C19H20N6O2S. The highest BCUT2D eigenvalue weighted by atomic mass is 32.1. The number of aryl methyl sites for hydroxylation is 1. The lowest BCUT2D eigenvalue weighted by Crippen LogP contribution is -2.34. The maximum absolute atomic E-state index is 12.9. The topological polar surface area (TPSA) is 93.0 Å². The summed E-state index contributed by atoms with van der Waals surface area (Å²) in [4.78, 5) is 34.9. The summed E-state index contributed by atoms with van der Waals surface area (Å²) in [5.41, 5.74) is 2.06. The highest BCUT2D eigenvalue weighted by molar-refractivity contribution is 7.13. The summed E-state index contributed by atoms with van der Waals surface area (Å²) < 4.78 is 1.89. The number of aromatic nitrogens is 4. The summed E-state index contributed by atoms with van der Waals surface area (Å²) in [6.07, 6.45) is 8.10. The van der Waals surface area contributed by atoms with E-state index in [1.807, 2.05) is 10.1 Å². The molecule has 1 aliphatic rings. The Morgan fingerprint density at radius 1 is 1.36 bits per heavy atom. The highest BCUT2D eigenvalue weighted by Crippen LogP contribution is 2.25. The summed E-state index contributed by atoms with van der Waals surface area (Å²) >= 11 is 1.42. The van der Waals surface area contributed by atoms with Crippen molar-refractivity contribution < 1.29 is 9.59 Å². The number of thiazole rings is 1. The van der Waals surface area contributed by atoms with Gasteiger partial charge in [-0.3, -0.25) is 24.2 Å². The van der Waals surface area contributed by atoms with Crippen LogP contribution < -0.4 is 10.2 Å². The zero-order valence-electron chi connectivity index (χ0n) is 15.4. The summed E-state index contributed by atoms with van der Waals surface area (Å²) in [6, 6.07) is 3.48. The van der Waals surface area contributed by atoms with Gasteiger partial charge in [0, 0.05) is 44.1 Å². The van der Waals surface area contributed by atoms with Crippen LogP contribution in [0.1, 0.15) is 32.8 Å². The SMILES string of the molecule is CN(C(=O)c1cnn2c1C[C@H](CNC(=O)c1cccnc1)CC2)c1nccs1. The van der Waals surface area contributed by atoms with Crippen molar-refractivity contribution in [1.29, 1.82) is 0 Å². The van der Waals surface area contributed by atoms with Crippen molar-refractivity contribution in [1.82, 2.24) is 25.1 Å². The Bertz CT molecular complexity index is 970. The molecule has 0 saturated carbocycles. The average molecular weight is 396 g/mol. The molecule has 144 valence electrons. The van der Waals surface area contributed by atoms with Crippen LogP contribution in [0.25, 0.3) is 0 Å². The Hall–Kier alpha value is -3.07. The standard InChI is InChI=1S/C19H20N6O2S/c1-24(19-21-6-8-28-19)18(27)15-12-23-25-7-4-13(9-16(15)25)10-22-17(26)14-3-2-5-20-11-14/h2-3,5-6,8,11-13H,4,7,9-10H2,1H3,(H,22,26)/t13-/m1/s1. The molecule has 0 aliphatic carbocycles. The van der Waals surface area contributed by atoms with E-state index in [0.717, 1.165) is 18.7 Å². The molecule has 8 nitrogen and oxygen atoms in total. The monoisotopic (exact) mass is 396 g/mol. The van der Waals surface area contributed by atoms with Gasteiger partial charge >= 0.3 is 0 Å². The van der Waals surface area contributed by atoms with E-state index in [1.54, 1.807) is 48.9 Å². The van der Waals surface area contributed by atoms with Crippen LogP contribution in [0.5, 0.6) is 0 Å². The summed E-state index contributed by atoms with van der Waals surface area (Å²) in [5.74, 6) is 0.00442. The van der Waals surface area contributed by atoms with Gasteiger partial charge in [-0.05, 0) is 30.9 Å². The Labute approximate surface area is 166 Å². The van der Waals surface area contributed by atoms with E-state index in [1.165, 1.54) is 11.3 Å². The number of nitrogens with one attached hydrogen (secondary N) is 1. The van der Waals surface area contributed by atoms with Crippen LogP contribution in [0.2, 0.25) is 0 Å². The second-order valence-corrected chi connectivity index (χ2v) is 7.59. The molecule has 0 spiro atoms. The predicted octanol–water partition coefficient (Wildman–Crippen LogP) is 2.00. The first kappa shape index (κ1) is 18.3. The Morgan fingerprint density at radius 3 is 3.00 bits per heavy atom. The van der Waals surface area contributed by atoms with Gasteiger partial charge in [-0.15, -0.1) is 11.3 Å². The van der Waals surface area contributed by atoms with E-state index in [2.05, 4.69) is 20.4 Å². The van der Waals surface area contributed by atoms with Gasteiger partial charge in [0.25, 0.3) is 11.8 Å². The summed E-state index contributed by atoms with van der Waals surface area (Å²) in [7, 11) is 1.72. The van der Waals surface area contributed by atoms with Crippen molar-refractivity contribution in [3.05, 3.63) is 59.1 Å². The number of pyridine rings is 1. The Kier molecular flexibility index (Phi) is 5.16. The molecule has 0 bridgehead atoms. The maximum Gasteiger partial charge on any atom is 0.263 e. The highest BCUT2D eigenvalue weighted by Gasteiger charge is 2.27. The van der Waals surface area contributed by atoms with Crippen molar-refractivity contribution in [3.8, 4) is 0 Å². The van der Waals surface area contributed by atoms with E-state index < -0.39 is 0 Å². The van der Waals surface area contributed by atoms with Gasteiger partial charge in [-0.25, -0.2) is 4.98 Å². The smallest absolute Gasteiger partial charge is 0.263 e. The van der Waals surface area contributed by atoms with Gasteiger partial charge in [0.2, 0.25) is 0 Å². The number of fused-ring (bicyclic) bond motifs is 1. The van der Waals surface area contributed by atoms with Crippen LogP contribution in [-0.2, 0) is 13.0 Å². The van der Waals surface area contributed by atoms with Crippen LogP contribution in [0.15, 0.2) is 42.3 Å². The van der Waals surface area contributed by atoms with Gasteiger partial charge in [-0.1, -0.05) is 0 Å². The molecule has 0 fully saturated rings. The first-order valence-electron chi connectivity index (χ1n) is 9.04. The Balaban J connectivity index is 1.43. The predicted molar refractivity (Wildman–Crippen MR) is 105 cm³/mol. The second kappa shape index (κ2) is 7.89. The average Bonchev–Trinajstić information content (AvgIpc) is 3.41. The van der Waals surface area contributed by atoms with Crippen LogP contribution in [0.3, 0.4) is 0 Å². The molecule has 9 heteroatoms. The maximum atomic E-state index is 12.9. The fourth-order valence-corrected chi connectivity index (χ4v) is 3.94. The molecule has 3 aromatic heterocycles. The van der Waals surface area contributed by atoms with Crippen molar-refractivity contribution >= 4 is 28.3 Å². The molecule has 0 unspecified atom stereocenters. The Morgan fingerprint density at radius 2 is 2.25 bits per heavy atom. The fourth-order valence-electron chi connectivity index (χ4n) is 3.34. The van der Waals surface area contributed by atoms with Gasteiger partial charge in [0.15, 0.2) is 5.13 Å². The number of amides is 2. The molecule has 1 atom stereocenters. The molecule has 2 amide bonds. The molecule has 0 saturated heterocycles. The largest absolute Gasteiger partial charge is 0.352 e. The number of carbonyl (C=O) groups is 2. The van der Waals surface area contributed by atoms with E-state index >= 15 is 0 Å². The number of carbonyl (C=O) groups excluding carboxylic acids is 2. The van der Waals surface area contributed by atoms with E-state index in [9.17, 15) is 9.59 Å². The molecule has 1 N–H and O–H groups in total. The number of anilines is 1. The molecular weight excluding hydrogens is 376 g/mol. The minimum absolute atomic E-state index is 0.115. The minimum Gasteiger partial charge on any atom is -0.352 e. The van der Waals surface area contributed by atoms with Crippen LogP contribution in [0, 0.1) is 5.92 Å². The van der Waals surface area contributed by atoms with Gasteiger partial charge < -0.3 is 5.32 Å². The normalized spacial score (nSPS) is 15.7. The number of hydrogen-bond acceptors (Lipinski definition) is 6. The molecule has 1 aliphatic heterocycles. The van der Waals surface area contributed by atoms with Crippen molar-refractivity contribution in [3.63, 3.8) is 0 Å². The summed E-state index contributed by atoms with van der Waals surface area (Å²) in [6.45, 7) is 1.28. The number of rotatable bonds is 5. The zero-order valence-corrected chi connectivity index (χ0v) is 16.2. The van der Waals surface area contributed by atoms with Crippen molar-refractivity contribution in [2.75, 3.05) is 18.5 Å². The second-order valence-electron chi connectivity index (χ2n) is 6.72. The molecule has 28 heavy (non-hydrogen) atoms. The van der Waals surface area contributed by atoms with Crippen LogP contribution >= 0.6 is 11.3 Å². The van der Waals surface area contributed by atoms with Gasteiger partial charge in [0.1, 0.15) is 0 Å². The number of nitrogens with zero attached hydrogens (tertiary/aromatic N) is 5. The third-order valence-corrected chi connectivity index (χ3v) is 5.74. The minimum atomic E-state index is -0.132. The molecule has 4 heterocycles. The van der Waals surface area contributed by atoms with Gasteiger partial charge in [0.05, 0.1) is 23.0 Å². The van der Waals surface area contributed by atoms with Gasteiger partial charge in [-0.2, -0.15) is 5.10 Å². The lowest BCUT2D eigenvalue weighted by molar-refractivity contribution is 0.0941. The molecule has 0 radical (unpaired) electrons. The van der Waals surface area contributed by atoms with Crippen LogP contribution in [0.4, 0.5) is 5.13 Å². The molecule has 4 rings (SSSR count). The quantitative estimate of drug-likeness (QED) is 0.712. The third-order valence-electron chi connectivity index (χ3n) is 4.90. The zero-order chi connectivity index (χ0) is 19.5. The fraction of sp³-hybridized carbons (Fsp3) is 0.316. The van der Waals surface area contributed by atoms with E-state index in [0.29, 0.717) is 29.2 Å². The first-order valence-corrected chi connectivity index (χ1v) is 9.92. The molecule has 3 aromatic rings. The van der Waals surface area contributed by atoms with Crippen molar-refractivity contribution in [2.45, 2.75) is 19.4 Å².